The van der Waals surface area contributed by atoms with E-state index in [4.69, 9.17) is 17.3 Å². The molecule has 2 nitrogen and oxygen atoms in total. The van der Waals surface area contributed by atoms with Gasteiger partial charge in [0.2, 0.25) is 0 Å². The van der Waals surface area contributed by atoms with E-state index in [2.05, 4.69) is 24.8 Å². The molecule has 1 aromatic carbocycles. The number of thioether (sulfide) groups is 1. The van der Waals surface area contributed by atoms with E-state index in [0.29, 0.717) is 11.3 Å². The van der Waals surface area contributed by atoms with E-state index in [0.717, 1.165) is 29.4 Å². The van der Waals surface area contributed by atoms with Crippen LogP contribution >= 0.6 is 23.4 Å². The highest BCUT2D eigenvalue weighted by atomic mass is 35.5. The number of hydrogen-bond acceptors (Lipinski definition) is 3. The summed E-state index contributed by atoms with van der Waals surface area (Å²) < 4.78 is 0.298. The van der Waals surface area contributed by atoms with E-state index in [9.17, 15) is 0 Å². The molecule has 0 aliphatic carbocycles. The first-order valence-electron chi connectivity index (χ1n) is 5.90. The van der Waals surface area contributed by atoms with Gasteiger partial charge in [-0.1, -0.05) is 17.7 Å². The summed E-state index contributed by atoms with van der Waals surface area (Å²) in [4.78, 5) is 2.41. The normalized spacial score (nSPS) is 19.4. The summed E-state index contributed by atoms with van der Waals surface area (Å²) in [5.41, 5.74) is 8.08. The van der Waals surface area contributed by atoms with E-state index in [1.807, 2.05) is 23.9 Å². The molecule has 0 bridgehead atoms. The van der Waals surface area contributed by atoms with Crippen LogP contribution < -0.4 is 10.6 Å². The first kappa shape index (κ1) is 13.1. The van der Waals surface area contributed by atoms with Gasteiger partial charge in [-0.05, 0) is 26.0 Å². The van der Waals surface area contributed by atoms with E-state index in [1.165, 1.54) is 5.69 Å². The monoisotopic (exact) mass is 270 g/mol. The maximum absolute atomic E-state index is 6.21. The molecule has 0 aromatic heterocycles. The van der Waals surface area contributed by atoms with Gasteiger partial charge in [0.15, 0.2) is 0 Å². The molecule has 1 heterocycles. The van der Waals surface area contributed by atoms with Crippen LogP contribution in [0.2, 0.25) is 5.02 Å². The third-order valence-corrected chi connectivity index (χ3v) is 4.72. The second kappa shape index (κ2) is 5.09. The molecule has 1 aromatic rings. The molecule has 0 unspecified atom stereocenters. The Labute approximate surface area is 113 Å². The van der Waals surface area contributed by atoms with Crippen LogP contribution in [0.5, 0.6) is 0 Å². The van der Waals surface area contributed by atoms with Gasteiger partial charge in [0.25, 0.3) is 0 Å². The van der Waals surface area contributed by atoms with Crippen LogP contribution in [0.15, 0.2) is 18.2 Å². The van der Waals surface area contributed by atoms with Crippen LogP contribution in [0, 0.1) is 0 Å². The molecule has 1 saturated heterocycles. The fraction of sp³-hybridized carbons (Fsp3) is 0.538. The SMILES string of the molecule is CC1(C)CN(c2cccc(Cl)c2CN)CCS1. The molecule has 4 heteroatoms. The molecule has 0 radical (unpaired) electrons. The quantitative estimate of drug-likeness (QED) is 0.895. The second-order valence-corrected chi connectivity index (χ2v) is 7.18. The summed E-state index contributed by atoms with van der Waals surface area (Å²) in [6, 6.07) is 6.04. The Morgan fingerprint density at radius 1 is 1.47 bits per heavy atom. The first-order chi connectivity index (χ1) is 8.03. The maximum Gasteiger partial charge on any atom is 0.0471 e. The third kappa shape index (κ3) is 2.90. The van der Waals surface area contributed by atoms with Crippen LogP contribution in [0.4, 0.5) is 5.69 Å². The van der Waals surface area contributed by atoms with Gasteiger partial charge in [-0.2, -0.15) is 11.8 Å². The van der Waals surface area contributed by atoms with Crippen LogP contribution in [-0.4, -0.2) is 23.6 Å². The van der Waals surface area contributed by atoms with E-state index >= 15 is 0 Å². The van der Waals surface area contributed by atoms with Crippen LogP contribution in [-0.2, 0) is 6.54 Å². The zero-order chi connectivity index (χ0) is 12.5. The Balaban J connectivity index is 2.30. The van der Waals surface area contributed by atoms with Crippen molar-refractivity contribution in [1.82, 2.24) is 0 Å². The minimum absolute atomic E-state index is 0.298. The fourth-order valence-electron chi connectivity index (χ4n) is 2.27. The Morgan fingerprint density at radius 3 is 2.88 bits per heavy atom. The standard InChI is InChI=1S/C13H19ClN2S/c1-13(2)9-16(6-7-17-13)12-5-3-4-11(14)10(12)8-15/h3-5H,6-9,15H2,1-2H3. The Kier molecular flexibility index (Phi) is 3.91. The van der Waals surface area contributed by atoms with Gasteiger partial charge < -0.3 is 10.6 Å². The minimum Gasteiger partial charge on any atom is -0.369 e. The van der Waals surface area contributed by atoms with Crippen molar-refractivity contribution in [3.05, 3.63) is 28.8 Å². The van der Waals surface area contributed by atoms with Crippen molar-refractivity contribution in [3.63, 3.8) is 0 Å². The van der Waals surface area contributed by atoms with Crippen molar-refractivity contribution in [2.24, 2.45) is 5.73 Å². The van der Waals surface area contributed by atoms with Crippen molar-refractivity contribution in [3.8, 4) is 0 Å². The highest BCUT2D eigenvalue weighted by molar-refractivity contribution is 8.00. The predicted molar refractivity (Wildman–Crippen MR) is 78.1 cm³/mol. The van der Waals surface area contributed by atoms with Crippen LogP contribution in [0.3, 0.4) is 0 Å². The number of nitrogens with zero attached hydrogens (tertiary/aromatic N) is 1. The summed E-state index contributed by atoms with van der Waals surface area (Å²) in [6.45, 7) is 7.19. The molecular weight excluding hydrogens is 252 g/mol. The molecule has 1 aliphatic heterocycles. The Morgan fingerprint density at radius 2 is 2.24 bits per heavy atom. The molecule has 0 amide bonds. The summed E-state index contributed by atoms with van der Waals surface area (Å²) in [5, 5.41) is 0.779. The molecular formula is C13H19ClN2S. The lowest BCUT2D eigenvalue weighted by Gasteiger charge is -2.39. The Bertz CT molecular complexity index is 406. The van der Waals surface area contributed by atoms with Gasteiger partial charge in [0, 0.05) is 46.4 Å². The van der Waals surface area contributed by atoms with Crippen molar-refractivity contribution in [1.29, 1.82) is 0 Å². The summed E-state index contributed by atoms with van der Waals surface area (Å²) in [5.74, 6) is 1.16. The largest absolute Gasteiger partial charge is 0.369 e. The summed E-state index contributed by atoms with van der Waals surface area (Å²) >= 11 is 8.24. The maximum atomic E-state index is 6.21. The molecule has 1 aliphatic rings. The average molecular weight is 271 g/mol. The first-order valence-corrected chi connectivity index (χ1v) is 7.26. The van der Waals surface area contributed by atoms with Crippen molar-refractivity contribution in [2.75, 3.05) is 23.7 Å². The number of anilines is 1. The van der Waals surface area contributed by atoms with E-state index in [-0.39, 0.29) is 0 Å². The Hall–Kier alpha value is -0.380. The zero-order valence-corrected chi connectivity index (χ0v) is 11.9. The fourth-order valence-corrected chi connectivity index (χ4v) is 3.63. The van der Waals surface area contributed by atoms with Gasteiger partial charge in [0.05, 0.1) is 0 Å². The highest BCUT2D eigenvalue weighted by Crippen LogP contribution is 2.35. The topological polar surface area (TPSA) is 29.3 Å². The molecule has 1 fully saturated rings. The zero-order valence-electron chi connectivity index (χ0n) is 10.4. The van der Waals surface area contributed by atoms with E-state index < -0.39 is 0 Å². The van der Waals surface area contributed by atoms with Gasteiger partial charge >= 0.3 is 0 Å². The number of benzene rings is 1. The molecule has 0 saturated carbocycles. The van der Waals surface area contributed by atoms with Gasteiger partial charge in [-0.25, -0.2) is 0 Å². The van der Waals surface area contributed by atoms with Crippen molar-refractivity contribution < 1.29 is 0 Å². The number of nitrogens with two attached hydrogens (primary N) is 1. The molecule has 2 rings (SSSR count). The molecule has 0 spiro atoms. The van der Waals surface area contributed by atoms with Crippen molar-refractivity contribution in [2.45, 2.75) is 25.1 Å². The van der Waals surface area contributed by atoms with Gasteiger partial charge in [0.1, 0.15) is 0 Å². The number of halogens is 1. The van der Waals surface area contributed by atoms with Crippen molar-refractivity contribution >= 4 is 29.1 Å². The second-order valence-electron chi connectivity index (χ2n) is 4.97. The third-order valence-electron chi connectivity index (χ3n) is 3.06. The molecule has 94 valence electrons. The minimum atomic E-state index is 0.298. The summed E-state index contributed by atoms with van der Waals surface area (Å²) in [6.07, 6.45) is 0. The van der Waals surface area contributed by atoms with Crippen LogP contribution in [0.25, 0.3) is 0 Å². The number of hydrogen-bond donors (Lipinski definition) is 1. The summed E-state index contributed by atoms with van der Waals surface area (Å²) in [7, 11) is 0. The van der Waals surface area contributed by atoms with E-state index in [1.54, 1.807) is 0 Å². The smallest absolute Gasteiger partial charge is 0.0471 e. The lowest BCUT2D eigenvalue weighted by atomic mass is 10.1. The predicted octanol–water partition coefficient (Wildman–Crippen LogP) is 3.13. The average Bonchev–Trinajstić information content (AvgIpc) is 2.27. The lowest BCUT2D eigenvalue weighted by molar-refractivity contribution is 0.646. The molecule has 0 atom stereocenters. The molecule has 17 heavy (non-hydrogen) atoms. The van der Waals surface area contributed by atoms with Gasteiger partial charge in [-0.3, -0.25) is 0 Å². The van der Waals surface area contributed by atoms with Crippen LogP contribution in [0.1, 0.15) is 19.4 Å². The molecule has 2 N–H and O–H groups in total. The highest BCUT2D eigenvalue weighted by Gasteiger charge is 2.28. The number of rotatable bonds is 2. The lowest BCUT2D eigenvalue weighted by Crippen LogP contribution is -2.43. The van der Waals surface area contributed by atoms with Gasteiger partial charge in [-0.15, -0.1) is 0 Å².